The molecule has 0 aromatic heterocycles. The van der Waals surface area contributed by atoms with Crippen molar-refractivity contribution in [3.8, 4) is 0 Å². The Morgan fingerprint density at radius 2 is 1.36 bits per heavy atom. The number of ketones is 1. The molecule has 0 aliphatic heterocycles. The van der Waals surface area contributed by atoms with Crippen LogP contribution in [0.3, 0.4) is 0 Å². The van der Waals surface area contributed by atoms with E-state index in [1.54, 1.807) is 25.2 Å². The lowest BCUT2D eigenvalue weighted by molar-refractivity contribution is -0.132. The number of carbonyl (C=O) groups is 2. The van der Waals surface area contributed by atoms with E-state index in [0.717, 1.165) is 0 Å². The number of carboxylic acid groups (broad SMARTS) is 1. The van der Waals surface area contributed by atoms with E-state index in [2.05, 4.69) is 0 Å². The molecule has 3 nitrogen and oxygen atoms in total. The van der Waals surface area contributed by atoms with Gasteiger partial charge < -0.3 is 5.11 Å². The molecule has 0 heterocycles. The summed E-state index contributed by atoms with van der Waals surface area (Å²) in [5.74, 6) is -0.935. The molecular weight excluding hydrogens is 180 g/mol. The molecule has 0 bridgehead atoms. The highest BCUT2D eigenvalue weighted by molar-refractivity contribution is 5.92. The predicted octanol–water partition coefficient (Wildman–Crippen LogP) is 2.11. The van der Waals surface area contributed by atoms with Gasteiger partial charge in [0.15, 0.2) is 5.78 Å². The number of aliphatic carboxylic acids is 1. The van der Waals surface area contributed by atoms with Gasteiger partial charge in [-0.1, -0.05) is 24.3 Å². The van der Waals surface area contributed by atoms with Crippen LogP contribution in [-0.4, -0.2) is 16.9 Å². The second-order valence-electron chi connectivity index (χ2n) is 2.95. The minimum atomic E-state index is -0.943. The van der Waals surface area contributed by atoms with Crippen LogP contribution in [0.4, 0.5) is 0 Å². The minimum absolute atomic E-state index is 0.00795. The third-order valence-corrected chi connectivity index (χ3v) is 1.70. The zero-order valence-electron chi connectivity index (χ0n) is 8.57. The number of rotatable bonds is 4. The Labute approximate surface area is 83.4 Å². The molecular formula is C11H14O3. The molecule has 0 aromatic rings. The van der Waals surface area contributed by atoms with Gasteiger partial charge in [-0.15, -0.1) is 0 Å². The summed E-state index contributed by atoms with van der Waals surface area (Å²) in [5, 5.41) is 8.51. The summed E-state index contributed by atoms with van der Waals surface area (Å²) in [4.78, 5) is 21.1. The number of carbonyl (C=O) groups excluding carboxylic acids is 1. The summed E-state index contributed by atoms with van der Waals surface area (Å²) in [6.07, 6.45) is 6.36. The van der Waals surface area contributed by atoms with Gasteiger partial charge in [0.05, 0.1) is 0 Å². The summed E-state index contributed by atoms with van der Waals surface area (Å²) >= 11 is 0. The van der Waals surface area contributed by atoms with Gasteiger partial charge in [-0.25, -0.2) is 4.79 Å². The van der Waals surface area contributed by atoms with Crippen LogP contribution in [0.2, 0.25) is 0 Å². The van der Waals surface area contributed by atoms with Crippen LogP contribution in [0, 0.1) is 0 Å². The predicted molar refractivity (Wildman–Crippen MR) is 55.0 cm³/mol. The van der Waals surface area contributed by atoms with Crippen molar-refractivity contribution in [1.82, 2.24) is 0 Å². The van der Waals surface area contributed by atoms with Crippen LogP contribution < -0.4 is 0 Å². The van der Waals surface area contributed by atoms with Gasteiger partial charge in [0.2, 0.25) is 0 Å². The van der Waals surface area contributed by atoms with Crippen molar-refractivity contribution in [1.29, 1.82) is 0 Å². The quantitative estimate of drug-likeness (QED) is 0.550. The molecule has 0 aliphatic carbocycles. The average Bonchev–Trinajstić information content (AvgIpc) is 2.11. The number of hydrogen-bond acceptors (Lipinski definition) is 2. The Morgan fingerprint density at radius 1 is 0.929 bits per heavy atom. The highest BCUT2D eigenvalue weighted by Gasteiger charge is 1.95. The van der Waals surface area contributed by atoms with E-state index in [9.17, 15) is 9.59 Å². The van der Waals surface area contributed by atoms with Crippen LogP contribution in [0.15, 0.2) is 35.5 Å². The Bertz CT molecular complexity index is 287. The van der Waals surface area contributed by atoms with Crippen LogP contribution in [-0.2, 0) is 9.59 Å². The zero-order chi connectivity index (χ0) is 11.1. The molecule has 0 spiro atoms. The molecule has 3 heteroatoms. The first kappa shape index (κ1) is 12.4. The van der Waals surface area contributed by atoms with Gasteiger partial charge in [-0.05, 0) is 26.3 Å². The Hall–Kier alpha value is -1.64. The molecule has 1 N–H and O–H groups in total. The molecule has 0 unspecified atom stereocenters. The Morgan fingerprint density at radius 3 is 1.71 bits per heavy atom. The highest BCUT2D eigenvalue weighted by atomic mass is 16.4. The smallest absolute Gasteiger partial charge is 0.331 e. The maximum absolute atomic E-state index is 10.8. The van der Waals surface area contributed by atoms with Crippen molar-refractivity contribution < 1.29 is 14.7 Å². The fourth-order valence-corrected chi connectivity index (χ4v) is 0.588. The summed E-state index contributed by atoms with van der Waals surface area (Å²) in [6.45, 7) is 4.70. The van der Waals surface area contributed by atoms with Crippen molar-refractivity contribution >= 4 is 11.8 Å². The van der Waals surface area contributed by atoms with E-state index < -0.39 is 5.97 Å². The molecule has 0 saturated heterocycles. The summed E-state index contributed by atoms with van der Waals surface area (Å²) < 4.78 is 0. The van der Waals surface area contributed by atoms with Crippen LogP contribution in [0.5, 0.6) is 0 Å². The number of allylic oxidation sites excluding steroid dienone is 5. The van der Waals surface area contributed by atoms with Crippen molar-refractivity contribution in [2.24, 2.45) is 0 Å². The van der Waals surface area contributed by atoms with E-state index in [0.29, 0.717) is 5.57 Å². The van der Waals surface area contributed by atoms with Gasteiger partial charge in [-0.2, -0.15) is 0 Å². The molecule has 0 rings (SSSR count). The van der Waals surface area contributed by atoms with Crippen molar-refractivity contribution in [3.63, 3.8) is 0 Å². The number of Topliss-reactive ketones (excluding diaryl/α,β-unsaturated/α-hetero) is 1. The average molecular weight is 194 g/mol. The van der Waals surface area contributed by atoms with Gasteiger partial charge in [0.25, 0.3) is 0 Å². The molecule has 0 atom stereocenters. The third-order valence-electron chi connectivity index (χ3n) is 1.70. The Balaban J connectivity index is 4.35. The fourth-order valence-electron chi connectivity index (χ4n) is 0.588. The van der Waals surface area contributed by atoms with Crippen LogP contribution in [0.25, 0.3) is 0 Å². The first-order valence-corrected chi connectivity index (χ1v) is 4.21. The van der Waals surface area contributed by atoms with E-state index in [4.69, 9.17) is 5.11 Å². The van der Waals surface area contributed by atoms with E-state index in [1.165, 1.54) is 19.9 Å². The summed E-state index contributed by atoms with van der Waals surface area (Å²) in [7, 11) is 0. The summed E-state index contributed by atoms with van der Waals surface area (Å²) in [5.41, 5.74) is 0.901. The first-order valence-electron chi connectivity index (χ1n) is 4.21. The zero-order valence-corrected chi connectivity index (χ0v) is 8.57. The normalized spacial score (nSPS) is 13.4. The molecule has 0 aliphatic rings. The topological polar surface area (TPSA) is 54.4 Å². The van der Waals surface area contributed by atoms with Gasteiger partial charge in [-0.3, -0.25) is 4.79 Å². The lowest BCUT2D eigenvalue weighted by Crippen LogP contribution is -1.94. The van der Waals surface area contributed by atoms with Crippen molar-refractivity contribution in [2.75, 3.05) is 0 Å². The maximum Gasteiger partial charge on any atom is 0.331 e. The Kier molecular flexibility index (Phi) is 5.22. The second-order valence-corrected chi connectivity index (χ2v) is 2.95. The van der Waals surface area contributed by atoms with Crippen LogP contribution >= 0.6 is 0 Å². The van der Waals surface area contributed by atoms with E-state index in [-0.39, 0.29) is 11.4 Å². The maximum atomic E-state index is 10.8. The van der Waals surface area contributed by atoms with Gasteiger partial charge >= 0.3 is 5.97 Å². The molecule has 0 fully saturated rings. The molecule has 0 radical (unpaired) electrons. The van der Waals surface area contributed by atoms with Crippen molar-refractivity contribution in [3.05, 3.63) is 35.5 Å². The van der Waals surface area contributed by atoms with Gasteiger partial charge in [0.1, 0.15) is 0 Å². The standard InChI is InChI=1S/C11H14O3/c1-8(10(3)12)6-4-5-7-9(2)11(13)14/h4-7H,1-3H3,(H,13,14)/b5-4+,8-6+,9-7+. The minimum Gasteiger partial charge on any atom is -0.478 e. The number of hydrogen-bond donors (Lipinski definition) is 1. The van der Waals surface area contributed by atoms with Crippen molar-refractivity contribution in [2.45, 2.75) is 20.8 Å². The SMILES string of the molecule is CC(=O)/C(C)=C/C=C/C=C(\C)C(=O)O. The lowest BCUT2D eigenvalue weighted by Gasteiger charge is -1.89. The molecule has 0 aromatic carbocycles. The first-order chi connectivity index (χ1) is 6.45. The summed E-state index contributed by atoms with van der Waals surface area (Å²) in [6, 6.07) is 0. The lowest BCUT2D eigenvalue weighted by atomic mass is 10.2. The number of carboxylic acids is 1. The second kappa shape index (κ2) is 5.91. The molecule has 14 heavy (non-hydrogen) atoms. The van der Waals surface area contributed by atoms with E-state index >= 15 is 0 Å². The molecule has 76 valence electrons. The monoisotopic (exact) mass is 194 g/mol. The molecule has 0 saturated carbocycles. The van der Waals surface area contributed by atoms with E-state index in [1.807, 2.05) is 0 Å². The van der Waals surface area contributed by atoms with Crippen LogP contribution in [0.1, 0.15) is 20.8 Å². The molecule has 0 amide bonds. The largest absolute Gasteiger partial charge is 0.478 e. The third kappa shape index (κ3) is 5.09. The fraction of sp³-hybridized carbons (Fsp3) is 0.273. The van der Waals surface area contributed by atoms with Gasteiger partial charge in [0, 0.05) is 5.57 Å². The highest BCUT2D eigenvalue weighted by Crippen LogP contribution is 1.96.